The number of carboxylic acids is 1. The summed E-state index contributed by atoms with van der Waals surface area (Å²) in [6.07, 6.45) is 2.72. The van der Waals surface area contributed by atoms with Crippen LogP contribution >= 0.6 is 0 Å². The topological polar surface area (TPSA) is 93.5 Å². The van der Waals surface area contributed by atoms with Crippen LogP contribution in [0.1, 0.15) is 17.7 Å². The van der Waals surface area contributed by atoms with Crippen molar-refractivity contribution in [3.05, 3.63) is 47.8 Å². The molecule has 1 aromatic carbocycles. The summed E-state index contributed by atoms with van der Waals surface area (Å²) in [5, 5.41) is 15.5. The number of carbonyl (C=O) groups is 2. The van der Waals surface area contributed by atoms with Crippen LogP contribution in [0.15, 0.2) is 36.5 Å². The fraction of sp³-hybridized carbons (Fsp3) is 0.312. The smallest absolute Gasteiger partial charge is 0.341 e. The number of ether oxygens (including phenoxy) is 1. The second-order valence-corrected chi connectivity index (χ2v) is 5.05. The number of aryl methyl sites for hydroxylation is 2. The lowest BCUT2D eigenvalue weighted by molar-refractivity contribution is -0.139. The first-order valence-corrected chi connectivity index (χ1v) is 7.21. The predicted octanol–water partition coefficient (Wildman–Crippen LogP) is 1.13. The molecule has 23 heavy (non-hydrogen) atoms. The normalized spacial score (nSPS) is 10.3. The number of aromatic nitrogens is 2. The van der Waals surface area contributed by atoms with Crippen LogP contribution in [-0.2, 0) is 29.6 Å². The van der Waals surface area contributed by atoms with E-state index in [1.807, 2.05) is 19.2 Å². The number of carbonyl (C=O) groups excluding carboxylic acids is 1. The number of carboxylic acid groups (broad SMARTS) is 1. The Morgan fingerprint density at radius 3 is 2.87 bits per heavy atom. The average molecular weight is 317 g/mol. The highest BCUT2D eigenvalue weighted by Gasteiger charge is 2.06. The third-order valence-corrected chi connectivity index (χ3v) is 3.28. The van der Waals surface area contributed by atoms with E-state index in [2.05, 4.69) is 10.4 Å². The van der Waals surface area contributed by atoms with Gasteiger partial charge in [0.1, 0.15) is 5.75 Å². The van der Waals surface area contributed by atoms with E-state index in [4.69, 9.17) is 9.84 Å². The van der Waals surface area contributed by atoms with Gasteiger partial charge in [0.15, 0.2) is 6.61 Å². The van der Waals surface area contributed by atoms with Crippen molar-refractivity contribution >= 4 is 11.9 Å². The van der Waals surface area contributed by atoms with Crippen molar-refractivity contribution in [2.24, 2.45) is 7.05 Å². The van der Waals surface area contributed by atoms with E-state index in [1.54, 1.807) is 29.1 Å². The van der Waals surface area contributed by atoms with Gasteiger partial charge in [-0.05, 0) is 30.2 Å². The molecule has 2 N–H and O–H groups in total. The Labute approximate surface area is 133 Å². The van der Waals surface area contributed by atoms with Gasteiger partial charge in [0.25, 0.3) is 0 Å². The van der Waals surface area contributed by atoms with E-state index in [1.165, 1.54) is 0 Å². The summed E-state index contributed by atoms with van der Waals surface area (Å²) < 4.78 is 6.85. The Bertz CT molecular complexity index is 681. The van der Waals surface area contributed by atoms with E-state index in [0.717, 1.165) is 11.3 Å². The van der Waals surface area contributed by atoms with Gasteiger partial charge >= 0.3 is 5.97 Å². The van der Waals surface area contributed by atoms with Gasteiger partial charge in [0, 0.05) is 31.9 Å². The van der Waals surface area contributed by atoms with Gasteiger partial charge in [-0.25, -0.2) is 4.79 Å². The summed E-state index contributed by atoms with van der Waals surface area (Å²) in [5.74, 6) is -0.615. The standard InChI is InChI=1S/C16H19N3O4/c1-19-13(7-8-18-19)5-6-15(20)17-10-12-3-2-4-14(9-12)23-11-16(21)22/h2-4,7-9H,5-6,10-11H2,1H3,(H,17,20)(H,21,22). The maximum atomic E-state index is 11.9. The zero-order valence-electron chi connectivity index (χ0n) is 12.9. The van der Waals surface area contributed by atoms with Crippen LogP contribution in [0.5, 0.6) is 5.75 Å². The molecule has 7 nitrogen and oxygen atoms in total. The molecule has 0 spiro atoms. The SMILES string of the molecule is Cn1nccc1CCC(=O)NCc1cccc(OCC(=O)O)c1. The Morgan fingerprint density at radius 1 is 1.35 bits per heavy atom. The number of amides is 1. The van der Waals surface area contributed by atoms with Crippen molar-refractivity contribution in [3.8, 4) is 5.75 Å². The molecule has 0 aliphatic heterocycles. The Balaban J connectivity index is 1.78. The minimum absolute atomic E-state index is 0.0527. The molecule has 1 aromatic heterocycles. The molecule has 0 atom stereocenters. The minimum Gasteiger partial charge on any atom is -0.482 e. The predicted molar refractivity (Wildman–Crippen MR) is 82.9 cm³/mol. The Morgan fingerprint density at radius 2 is 2.17 bits per heavy atom. The second kappa shape index (κ2) is 7.98. The Hall–Kier alpha value is -2.83. The molecule has 7 heteroatoms. The van der Waals surface area contributed by atoms with Crippen molar-refractivity contribution in [1.82, 2.24) is 15.1 Å². The van der Waals surface area contributed by atoms with Crippen LogP contribution < -0.4 is 10.1 Å². The molecule has 0 saturated heterocycles. The van der Waals surface area contributed by atoms with Crippen LogP contribution in [0.4, 0.5) is 0 Å². The highest BCUT2D eigenvalue weighted by atomic mass is 16.5. The van der Waals surface area contributed by atoms with E-state index in [-0.39, 0.29) is 12.5 Å². The molecular weight excluding hydrogens is 298 g/mol. The van der Waals surface area contributed by atoms with Gasteiger partial charge in [-0.3, -0.25) is 9.48 Å². The van der Waals surface area contributed by atoms with Crippen molar-refractivity contribution < 1.29 is 19.4 Å². The fourth-order valence-electron chi connectivity index (χ4n) is 2.07. The number of nitrogens with one attached hydrogen (secondary N) is 1. The van der Waals surface area contributed by atoms with E-state index in [0.29, 0.717) is 25.1 Å². The van der Waals surface area contributed by atoms with Crippen LogP contribution in [0, 0.1) is 0 Å². The van der Waals surface area contributed by atoms with Gasteiger partial charge in [0.2, 0.25) is 5.91 Å². The molecule has 0 radical (unpaired) electrons. The van der Waals surface area contributed by atoms with Crippen LogP contribution in [0.25, 0.3) is 0 Å². The Kier molecular flexibility index (Phi) is 5.74. The fourth-order valence-corrected chi connectivity index (χ4v) is 2.07. The number of hydrogen-bond acceptors (Lipinski definition) is 4. The second-order valence-electron chi connectivity index (χ2n) is 5.05. The summed E-state index contributed by atoms with van der Waals surface area (Å²) >= 11 is 0. The number of aliphatic carboxylic acids is 1. The molecule has 0 bridgehead atoms. The zero-order valence-corrected chi connectivity index (χ0v) is 12.9. The maximum absolute atomic E-state index is 11.9. The van der Waals surface area contributed by atoms with Crippen LogP contribution in [-0.4, -0.2) is 33.4 Å². The van der Waals surface area contributed by atoms with Crippen LogP contribution in [0.3, 0.4) is 0 Å². The molecule has 1 amide bonds. The average Bonchev–Trinajstić information content (AvgIpc) is 2.94. The molecule has 0 unspecified atom stereocenters. The van der Waals surface area contributed by atoms with E-state index < -0.39 is 5.97 Å². The number of benzene rings is 1. The molecule has 2 rings (SSSR count). The van der Waals surface area contributed by atoms with Crippen molar-refractivity contribution in [3.63, 3.8) is 0 Å². The summed E-state index contributed by atoms with van der Waals surface area (Å²) in [6.45, 7) is -0.0188. The quantitative estimate of drug-likeness (QED) is 0.761. The lowest BCUT2D eigenvalue weighted by Gasteiger charge is -2.08. The zero-order chi connectivity index (χ0) is 16.7. The molecule has 0 aliphatic rings. The summed E-state index contributed by atoms with van der Waals surface area (Å²) in [4.78, 5) is 22.4. The van der Waals surface area contributed by atoms with Crippen molar-refractivity contribution in [1.29, 1.82) is 0 Å². The molecule has 0 fully saturated rings. The number of hydrogen-bond donors (Lipinski definition) is 2. The van der Waals surface area contributed by atoms with E-state index >= 15 is 0 Å². The summed E-state index contributed by atoms with van der Waals surface area (Å²) in [6, 6.07) is 8.88. The van der Waals surface area contributed by atoms with Crippen molar-refractivity contribution in [2.45, 2.75) is 19.4 Å². The van der Waals surface area contributed by atoms with Gasteiger partial charge < -0.3 is 15.2 Å². The minimum atomic E-state index is -1.03. The molecule has 0 aliphatic carbocycles. The first kappa shape index (κ1) is 16.5. The lowest BCUT2D eigenvalue weighted by atomic mass is 10.2. The first-order chi connectivity index (χ1) is 11.0. The molecule has 122 valence electrons. The lowest BCUT2D eigenvalue weighted by Crippen LogP contribution is -2.23. The maximum Gasteiger partial charge on any atom is 0.341 e. The third-order valence-electron chi connectivity index (χ3n) is 3.28. The largest absolute Gasteiger partial charge is 0.482 e. The molecule has 2 aromatic rings. The highest BCUT2D eigenvalue weighted by Crippen LogP contribution is 2.13. The van der Waals surface area contributed by atoms with Gasteiger partial charge in [-0.15, -0.1) is 0 Å². The van der Waals surface area contributed by atoms with Crippen molar-refractivity contribution in [2.75, 3.05) is 6.61 Å². The van der Waals surface area contributed by atoms with Gasteiger partial charge in [-0.2, -0.15) is 5.10 Å². The van der Waals surface area contributed by atoms with Gasteiger partial charge in [-0.1, -0.05) is 12.1 Å². The van der Waals surface area contributed by atoms with E-state index in [9.17, 15) is 9.59 Å². The van der Waals surface area contributed by atoms with Gasteiger partial charge in [0.05, 0.1) is 0 Å². The van der Waals surface area contributed by atoms with Crippen LogP contribution in [0.2, 0.25) is 0 Å². The molecule has 0 saturated carbocycles. The summed E-state index contributed by atoms with van der Waals surface area (Å²) in [5.41, 5.74) is 1.85. The number of nitrogens with zero attached hydrogens (tertiary/aromatic N) is 2. The third kappa shape index (κ3) is 5.46. The molecule has 1 heterocycles. The first-order valence-electron chi connectivity index (χ1n) is 7.21. The monoisotopic (exact) mass is 317 g/mol. The molecular formula is C16H19N3O4. The summed E-state index contributed by atoms with van der Waals surface area (Å²) in [7, 11) is 1.84. The highest BCUT2D eigenvalue weighted by molar-refractivity contribution is 5.76. The number of rotatable bonds is 8.